The average Bonchev–Trinajstić information content (AvgIpc) is 4.22. The first-order chi connectivity index (χ1) is 32.5. The summed E-state index contributed by atoms with van der Waals surface area (Å²) >= 11 is 0. The Kier molecular flexibility index (Phi) is 8.41. The van der Waals surface area contributed by atoms with E-state index in [0.29, 0.717) is 11.8 Å². The van der Waals surface area contributed by atoms with Crippen LogP contribution in [0.3, 0.4) is 0 Å². The number of rotatable bonds is 7. The molecule has 7 aliphatic carbocycles. The number of benzene rings is 8. The van der Waals surface area contributed by atoms with Gasteiger partial charge < -0.3 is 4.90 Å². The van der Waals surface area contributed by atoms with Crippen LogP contribution in [0.5, 0.6) is 0 Å². The van der Waals surface area contributed by atoms with Crippen LogP contribution in [0.1, 0.15) is 86.6 Å². The number of hydrogen-bond donors (Lipinski definition) is 0. The van der Waals surface area contributed by atoms with Gasteiger partial charge in [0.25, 0.3) is 0 Å². The summed E-state index contributed by atoms with van der Waals surface area (Å²) in [6, 6.07) is 70.1. The summed E-state index contributed by atoms with van der Waals surface area (Å²) in [7, 11) is 0. The highest BCUT2D eigenvalue weighted by Gasteiger charge is 2.71. The normalized spacial score (nSPS) is 23.2. The minimum Gasteiger partial charge on any atom is -0.310 e. The molecule has 4 atom stereocenters. The summed E-state index contributed by atoms with van der Waals surface area (Å²) in [4.78, 5) is 2.65. The smallest absolute Gasteiger partial charge is 0.0552 e. The molecular weight excluding hydrogens is 795 g/mol. The molecule has 66 heavy (non-hydrogen) atoms. The molecule has 4 unspecified atom stereocenters. The highest BCUT2D eigenvalue weighted by molar-refractivity contribution is 6.02. The first-order valence-electron chi connectivity index (χ1n) is 24.8. The number of fused-ring (bicyclic) bond motifs is 6. The zero-order chi connectivity index (χ0) is 43.7. The Labute approximate surface area is 390 Å². The summed E-state index contributed by atoms with van der Waals surface area (Å²) in [5.74, 6) is 3.04. The summed E-state index contributed by atoms with van der Waals surface area (Å²) in [5, 5.41) is 0. The minimum atomic E-state index is -0.0825. The van der Waals surface area contributed by atoms with E-state index < -0.39 is 0 Å². The van der Waals surface area contributed by atoms with Gasteiger partial charge in [0.2, 0.25) is 0 Å². The van der Waals surface area contributed by atoms with Gasteiger partial charge in [-0.3, -0.25) is 0 Å². The molecule has 0 amide bonds. The van der Waals surface area contributed by atoms with Gasteiger partial charge in [-0.1, -0.05) is 166 Å². The van der Waals surface area contributed by atoms with E-state index in [4.69, 9.17) is 0 Å². The maximum atomic E-state index is 2.65. The zero-order valence-corrected chi connectivity index (χ0v) is 38.1. The van der Waals surface area contributed by atoms with Crippen LogP contribution in [0.2, 0.25) is 0 Å². The molecular formula is C65H55N. The quantitative estimate of drug-likeness (QED) is 0.154. The largest absolute Gasteiger partial charge is 0.310 e. The van der Waals surface area contributed by atoms with Gasteiger partial charge in [-0.05, 0) is 188 Å². The summed E-state index contributed by atoms with van der Waals surface area (Å²) in [5.41, 5.74) is 26.0. The Morgan fingerprint density at radius 2 is 1.03 bits per heavy atom. The first-order valence-corrected chi connectivity index (χ1v) is 24.8. The highest BCUT2D eigenvalue weighted by Crippen LogP contribution is 2.78. The summed E-state index contributed by atoms with van der Waals surface area (Å²) < 4.78 is 0. The number of anilines is 3. The molecule has 320 valence electrons. The fraction of sp³-hybridized carbons (Fsp3) is 0.231. The summed E-state index contributed by atoms with van der Waals surface area (Å²) in [6.45, 7) is 4.79. The number of nitrogens with zero attached hydrogens (tertiary/aromatic N) is 1. The van der Waals surface area contributed by atoms with Crippen LogP contribution in [0.15, 0.2) is 188 Å². The van der Waals surface area contributed by atoms with Crippen molar-refractivity contribution in [2.45, 2.75) is 69.6 Å². The average molecular weight is 850 g/mol. The van der Waals surface area contributed by atoms with Crippen LogP contribution in [0.25, 0.3) is 61.2 Å². The third kappa shape index (κ3) is 5.35. The van der Waals surface area contributed by atoms with E-state index in [9.17, 15) is 0 Å². The SMILES string of the molecule is CC1(C)c2ccccc2-c2cc(N(c3ccc(-c4ccccc4)cc3)c3cc(-c4ccccc4)cc(C4=CCCCC4)c3-c3cccc4c3C3(c5ccccc5-4)C4CC5CC4CC53)ccc21. The molecule has 1 nitrogen and oxygen atoms in total. The van der Waals surface area contributed by atoms with E-state index in [2.05, 4.69) is 207 Å². The second-order valence-corrected chi connectivity index (χ2v) is 21.0. The van der Waals surface area contributed by atoms with E-state index in [0.717, 1.165) is 24.7 Å². The van der Waals surface area contributed by atoms with Gasteiger partial charge in [-0.25, -0.2) is 0 Å². The van der Waals surface area contributed by atoms with E-state index >= 15 is 0 Å². The molecule has 8 aromatic carbocycles. The van der Waals surface area contributed by atoms with Crippen molar-refractivity contribution in [1.29, 1.82) is 0 Å². The van der Waals surface area contributed by atoms with Gasteiger partial charge in [0.05, 0.1) is 5.69 Å². The fourth-order valence-corrected chi connectivity index (χ4v) is 15.0. The Hall–Kier alpha value is -6.70. The monoisotopic (exact) mass is 849 g/mol. The van der Waals surface area contributed by atoms with Gasteiger partial charge in [-0.2, -0.15) is 0 Å². The van der Waals surface area contributed by atoms with Crippen LogP contribution < -0.4 is 4.90 Å². The van der Waals surface area contributed by atoms with Crippen molar-refractivity contribution in [2.24, 2.45) is 23.7 Å². The van der Waals surface area contributed by atoms with Crippen LogP contribution in [-0.4, -0.2) is 0 Å². The van der Waals surface area contributed by atoms with Gasteiger partial charge in [0.15, 0.2) is 0 Å². The molecule has 0 radical (unpaired) electrons. The molecule has 15 rings (SSSR count). The topological polar surface area (TPSA) is 3.24 Å². The van der Waals surface area contributed by atoms with Crippen molar-refractivity contribution in [1.82, 2.24) is 0 Å². The van der Waals surface area contributed by atoms with Gasteiger partial charge in [0.1, 0.15) is 0 Å². The minimum absolute atomic E-state index is 0.0503. The fourth-order valence-electron chi connectivity index (χ4n) is 15.0. The van der Waals surface area contributed by atoms with Crippen molar-refractivity contribution in [2.75, 3.05) is 4.90 Å². The molecule has 4 fully saturated rings. The van der Waals surface area contributed by atoms with E-state index in [1.807, 2.05) is 0 Å². The van der Waals surface area contributed by atoms with Gasteiger partial charge in [-0.15, -0.1) is 0 Å². The molecule has 7 aliphatic rings. The molecule has 1 spiro atoms. The third-order valence-electron chi connectivity index (χ3n) is 17.6. The first kappa shape index (κ1) is 38.6. The number of allylic oxidation sites excluding steroid dienone is 2. The highest BCUT2D eigenvalue weighted by atomic mass is 15.1. The molecule has 4 saturated carbocycles. The standard InChI is InChI=1S/C65H55N/c1-64(2)56-27-14-12-24-51(56)55-40-49(33-34-57(55)64)66(48-31-29-43(30-32-48)41-17-6-3-7-18-41)61-39-45(42-19-8-4-9-20-42)36-54(44-21-10-5-11-22-44)62(61)53-26-16-25-52-50-23-13-15-28-58(50)65(63(52)53)59-37-46-35-47(59)38-60(46)65/h3-4,6-9,12-21,23-34,36,39-40,46-47,59-60H,5,10-11,22,35,37-38H2,1-2H3. The molecule has 1 heteroatoms. The van der Waals surface area contributed by atoms with E-state index in [-0.39, 0.29) is 10.8 Å². The van der Waals surface area contributed by atoms with Gasteiger partial charge >= 0.3 is 0 Å². The van der Waals surface area contributed by atoms with Crippen LogP contribution in [0.4, 0.5) is 17.1 Å². The second kappa shape index (κ2) is 14.4. The second-order valence-electron chi connectivity index (χ2n) is 21.0. The maximum absolute atomic E-state index is 2.65. The lowest BCUT2D eigenvalue weighted by Crippen LogP contribution is -2.35. The predicted molar refractivity (Wildman–Crippen MR) is 275 cm³/mol. The molecule has 0 aromatic heterocycles. The van der Waals surface area contributed by atoms with E-state index in [1.165, 1.54) is 127 Å². The number of hydrogen-bond acceptors (Lipinski definition) is 1. The Morgan fingerprint density at radius 1 is 0.439 bits per heavy atom. The molecule has 0 aliphatic heterocycles. The van der Waals surface area contributed by atoms with Gasteiger partial charge in [0, 0.05) is 27.8 Å². The van der Waals surface area contributed by atoms with Crippen LogP contribution in [-0.2, 0) is 10.8 Å². The zero-order valence-electron chi connectivity index (χ0n) is 38.1. The molecule has 0 N–H and O–H groups in total. The summed E-state index contributed by atoms with van der Waals surface area (Å²) in [6.07, 6.45) is 11.5. The lowest BCUT2D eigenvalue weighted by molar-refractivity contribution is 0.307. The third-order valence-corrected chi connectivity index (χ3v) is 17.6. The van der Waals surface area contributed by atoms with Crippen molar-refractivity contribution in [3.63, 3.8) is 0 Å². The van der Waals surface area contributed by atoms with E-state index in [1.54, 1.807) is 11.1 Å². The van der Waals surface area contributed by atoms with Crippen molar-refractivity contribution in [3.05, 3.63) is 216 Å². The molecule has 8 aromatic rings. The predicted octanol–water partition coefficient (Wildman–Crippen LogP) is 17.4. The van der Waals surface area contributed by atoms with Crippen LogP contribution >= 0.6 is 0 Å². The van der Waals surface area contributed by atoms with Crippen molar-refractivity contribution in [3.8, 4) is 55.6 Å². The molecule has 0 heterocycles. The Balaban J connectivity index is 1.09. The molecule has 0 saturated heterocycles. The van der Waals surface area contributed by atoms with Crippen molar-refractivity contribution < 1.29 is 0 Å². The lowest BCUT2D eigenvalue weighted by Gasteiger charge is -2.39. The maximum Gasteiger partial charge on any atom is 0.0552 e. The Morgan fingerprint density at radius 3 is 1.73 bits per heavy atom. The Bertz CT molecular complexity index is 3260. The van der Waals surface area contributed by atoms with Crippen molar-refractivity contribution >= 4 is 22.6 Å². The van der Waals surface area contributed by atoms with Crippen LogP contribution in [0, 0.1) is 23.7 Å². The molecule has 4 bridgehead atoms. The lowest BCUT2D eigenvalue weighted by atomic mass is 9.64.